The number of ether oxygens (including phenoxy) is 2. The highest BCUT2D eigenvalue weighted by molar-refractivity contribution is 9.10. The number of halogens is 1. The van der Waals surface area contributed by atoms with E-state index in [1.165, 1.54) is 0 Å². The van der Waals surface area contributed by atoms with Crippen LogP contribution in [0, 0.1) is 0 Å². The van der Waals surface area contributed by atoms with Crippen LogP contribution in [0.3, 0.4) is 0 Å². The number of carbonyl (C=O) groups excluding carboxylic acids is 1. The minimum Gasteiger partial charge on any atom is -0.497 e. The maximum atomic E-state index is 12.6. The van der Waals surface area contributed by atoms with Crippen LogP contribution in [0.15, 0.2) is 53.0 Å². The molecule has 0 fully saturated rings. The highest BCUT2D eigenvalue weighted by atomic mass is 79.9. The Morgan fingerprint density at radius 1 is 1.17 bits per heavy atom. The van der Waals surface area contributed by atoms with Crippen LogP contribution in [-0.2, 0) is 10.3 Å². The lowest BCUT2D eigenvalue weighted by Crippen LogP contribution is -2.42. The molecule has 0 heterocycles. The fourth-order valence-corrected chi connectivity index (χ4v) is 3.06. The summed E-state index contributed by atoms with van der Waals surface area (Å²) in [5, 5.41) is 2.98. The standard InChI is InChI=1S/C19H22BrNO3/c1-4-19(24-3,14-8-6-5-7-9-14)13-21-18(22)16-12-15(23-2)10-11-17(16)20/h5-12H,4,13H2,1-3H3,(H,21,22)/t19-/m0/s1. The average Bonchev–Trinajstić information content (AvgIpc) is 2.64. The summed E-state index contributed by atoms with van der Waals surface area (Å²) >= 11 is 3.41. The van der Waals surface area contributed by atoms with Gasteiger partial charge in [-0.1, -0.05) is 37.3 Å². The van der Waals surface area contributed by atoms with Crippen molar-refractivity contribution in [2.45, 2.75) is 18.9 Å². The van der Waals surface area contributed by atoms with Gasteiger partial charge in [-0.05, 0) is 46.1 Å². The van der Waals surface area contributed by atoms with E-state index >= 15 is 0 Å². The lowest BCUT2D eigenvalue weighted by atomic mass is 9.90. The molecular weight excluding hydrogens is 370 g/mol. The number of methoxy groups -OCH3 is 2. The fraction of sp³-hybridized carbons (Fsp3) is 0.316. The molecule has 128 valence electrons. The largest absolute Gasteiger partial charge is 0.497 e. The molecule has 1 N–H and O–H groups in total. The molecule has 2 rings (SSSR count). The quantitative estimate of drug-likeness (QED) is 0.771. The molecule has 2 aromatic rings. The summed E-state index contributed by atoms with van der Waals surface area (Å²) in [6, 6.07) is 15.2. The van der Waals surface area contributed by atoms with Crippen molar-refractivity contribution in [3.8, 4) is 5.75 Å². The summed E-state index contributed by atoms with van der Waals surface area (Å²) in [4.78, 5) is 12.6. The zero-order valence-electron chi connectivity index (χ0n) is 14.1. The molecule has 1 amide bonds. The fourth-order valence-electron chi connectivity index (χ4n) is 2.63. The number of carbonyl (C=O) groups is 1. The molecule has 0 radical (unpaired) electrons. The summed E-state index contributed by atoms with van der Waals surface area (Å²) in [5.74, 6) is 0.464. The lowest BCUT2D eigenvalue weighted by molar-refractivity contribution is -0.0164. The van der Waals surface area contributed by atoms with E-state index in [1.54, 1.807) is 32.4 Å². The van der Waals surface area contributed by atoms with Crippen molar-refractivity contribution in [1.29, 1.82) is 0 Å². The molecule has 4 nitrogen and oxygen atoms in total. The number of hydrogen-bond acceptors (Lipinski definition) is 3. The summed E-state index contributed by atoms with van der Waals surface area (Å²) < 4.78 is 11.7. The van der Waals surface area contributed by atoms with Crippen LogP contribution in [-0.4, -0.2) is 26.7 Å². The van der Waals surface area contributed by atoms with E-state index in [2.05, 4.69) is 21.2 Å². The zero-order chi connectivity index (χ0) is 17.6. The SMILES string of the molecule is CC[C@@](CNC(=O)c1cc(OC)ccc1Br)(OC)c1ccccc1. The highest BCUT2D eigenvalue weighted by Crippen LogP contribution is 2.28. The van der Waals surface area contributed by atoms with Crippen LogP contribution < -0.4 is 10.1 Å². The summed E-state index contributed by atoms with van der Waals surface area (Å²) in [6.45, 7) is 2.43. The first-order valence-electron chi connectivity index (χ1n) is 7.78. The van der Waals surface area contributed by atoms with Crippen LogP contribution >= 0.6 is 15.9 Å². The average molecular weight is 392 g/mol. The van der Waals surface area contributed by atoms with Gasteiger partial charge in [-0.25, -0.2) is 0 Å². The van der Waals surface area contributed by atoms with Crippen molar-refractivity contribution in [3.63, 3.8) is 0 Å². The molecule has 0 saturated carbocycles. The minimum atomic E-state index is -0.553. The van der Waals surface area contributed by atoms with Gasteiger partial charge in [0.1, 0.15) is 11.4 Å². The van der Waals surface area contributed by atoms with Gasteiger partial charge >= 0.3 is 0 Å². The second-order valence-corrected chi connectivity index (χ2v) is 6.30. The van der Waals surface area contributed by atoms with Gasteiger partial charge in [0, 0.05) is 11.6 Å². The smallest absolute Gasteiger partial charge is 0.252 e. The first-order chi connectivity index (χ1) is 11.6. The van der Waals surface area contributed by atoms with Crippen LogP contribution in [0.2, 0.25) is 0 Å². The maximum Gasteiger partial charge on any atom is 0.252 e. The van der Waals surface area contributed by atoms with Crippen molar-refractivity contribution in [2.24, 2.45) is 0 Å². The van der Waals surface area contributed by atoms with Gasteiger partial charge in [-0.15, -0.1) is 0 Å². The van der Waals surface area contributed by atoms with Crippen molar-refractivity contribution >= 4 is 21.8 Å². The summed E-state index contributed by atoms with van der Waals surface area (Å²) in [7, 11) is 3.25. The van der Waals surface area contributed by atoms with Crippen LogP contribution in [0.5, 0.6) is 5.75 Å². The Labute approximate surface area is 151 Å². The highest BCUT2D eigenvalue weighted by Gasteiger charge is 2.30. The van der Waals surface area contributed by atoms with E-state index in [9.17, 15) is 4.79 Å². The van der Waals surface area contributed by atoms with Gasteiger partial charge in [-0.3, -0.25) is 4.79 Å². The van der Waals surface area contributed by atoms with Crippen LogP contribution in [0.1, 0.15) is 29.3 Å². The predicted molar refractivity (Wildman–Crippen MR) is 98.4 cm³/mol. The molecule has 0 aliphatic heterocycles. The Hall–Kier alpha value is -1.85. The van der Waals surface area contributed by atoms with E-state index in [1.807, 2.05) is 37.3 Å². The zero-order valence-corrected chi connectivity index (χ0v) is 15.7. The normalized spacial score (nSPS) is 13.2. The van der Waals surface area contributed by atoms with Crippen molar-refractivity contribution in [2.75, 3.05) is 20.8 Å². The lowest BCUT2D eigenvalue weighted by Gasteiger charge is -2.32. The van der Waals surface area contributed by atoms with Crippen LogP contribution in [0.25, 0.3) is 0 Å². The van der Waals surface area contributed by atoms with Crippen molar-refractivity contribution in [3.05, 3.63) is 64.1 Å². The van der Waals surface area contributed by atoms with Gasteiger partial charge in [0.15, 0.2) is 0 Å². The Kier molecular flexibility index (Phi) is 6.40. The molecule has 0 aromatic heterocycles. The molecule has 0 bridgehead atoms. The second kappa shape index (κ2) is 8.31. The molecule has 2 aromatic carbocycles. The topological polar surface area (TPSA) is 47.6 Å². The van der Waals surface area contributed by atoms with E-state index in [0.29, 0.717) is 17.9 Å². The van der Waals surface area contributed by atoms with Gasteiger partial charge in [0.05, 0.1) is 19.2 Å². The Bertz CT molecular complexity index is 684. The van der Waals surface area contributed by atoms with Gasteiger partial charge in [0.2, 0.25) is 0 Å². The summed E-state index contributed by atoms with van der Waals surface area (Å²) in [6.07, 6.45) is 0.743. The van der Waals surface area contributed by atoms with Gasteiger partial charge in [-0.2, -0.15) is 0 Å². The molecule has 0 aliphatic rings. The van der Waals surface area contributed by atoms with E-state index in [0.717, 1.165) is 16.5 Å². The number of hydrogen-bond donors (Lipinski definition) is 1. The number of rotatable bonds is 7. The summed E-state index contributed by atoms with van der Waals surface area (Å²) in [5.41, 5.74) is 1.02. The molecule has 0 unspecified atom stereocenters. The third kappa shape index (κ3) is 3.97. The molecule has 0 saturated heterocycles. The van der Waals surface area contributed by atoms with Crippen molar-refractivity contribution in [1.82, 2.24) is 5.32 Å². The number of benzene rings is 2. The molecular formula is C19H22BrNO3. The van der Waals surface area contributed by atoms with Gasteiger partial charge in [0.25, 0.3) is 5.91 Å². The van der Waals surface area contributed by atoms with E-state index in [-0.39, 0.29) is 5.91 Å². The Morgan fingerprint density at radius 3 is 2.46 bits per heavy atom. The molecule has 24 heavy (non-hydrogen) atoms. The molecule has 0 spiro atoms. The predicted octanol–water partition coefficient (Wildman–Crippen LogP) is 4.14. The van der Waals surface area contributed by atoms with Crippen LogP contribution in [0.4, 0.5) is 0 Å². The molecule has 0 aliphatic carbocycles. The number of amides is 1. The Morgan fingerprint density at radius 2 is 1.88 bits per heavy atom. The second-order valence-electron chi connectivity index (χ2n) is 5.45. The monoisotopic (exact) mass is 391 g/mol. The van der Waals surface area contributed by atoms with E-state index in [4.69, 9.17) is 9.47 Å². The molecule has 5 heteroatoms. The Balaban J connectivity index is 2.19. The van der Waals surface area contributed by atoms with Crippen molar-refractivity contribution < 1.29 is 14.3 Å². The first-order valence-corrected chi connectivity index (χ1v) is 8.58. The van der Waals surface area contributed by atoms with Gasteiger partial charge < -0.3 is 14.8 Å². The minimum absolute atomic E-state index is 0.174. The third-order valence-electron chi connectivity index (χ3n) is 4.21. The maximum absolute atomic E-state index is 12.6. The van der Waals surface area contributed by atoms with E-state index < -0.39 is 5.60 Å². The number of nitrogens with one attached hydrogen (secondary N) is 1. The third-order valence-corrected chi connectivity index (χ3v) is 4.91. The molecule has 1 atom stereocenters. The first kappa shape index (κ1) is 18.5.